The van der Waals surface area contributed by atoms with Crippen LogP contribution < -0.4 is 4.90 Å². The third-order valence-corrected chi connectivity index (χ3v) is 4.74. The lowest BCUT2D eigenvalue weighted by molar-refractivity contribution is 0.0578. The molecule has 0 aromatic carbocycles. The maximum atomic E-state index is 12.6. The minimum absolute atomic E-state index is 0.321. The second-order valence-corrected chi connectivity index (χ2v) is 8.98. The smallest absolute Gasteiger partial charge is 0.416 e. The third-order valence-electron chi connectivity index (χ3n) is 4.74. The van der Waals surface area contributed by atoms with Crippen LogP contribution in [-0.2, 0) is 4.74 Å². The Labute approximate surface area is 165 Å². The molecular weight excluding hydrogens is 338 g/mol. The summed E-state index contributed by atoms with van der Waals surface area (Å²) < 4.78 is 5.58. The molecule has 1 amide bonds. The Hall–Kier alpha value is -1.62. The second-order valence-electron chi connectivity index (χ2n) is 8.98. The number of carbonyl (C=O) groups is 1. The standard InChI is InChI=1S/C22H37N3O2/c1-7-8-14-25(21(26)27-22(4,5)6)20-12-11-18(15-23-20)19-10-9-13-24(19)16-17(2)3/h11-12,15,17,19H,7-10,13-14,16H2,1-6H3/t19-/m1/s1. The van der Waals surface area contributed by atoms with Gasteiger partial charge in [-0.15, -0.1) is 0 Å². The van der Waals surface area contributed by atoms with E-state index >= 15 is 0 Å². The zero-order chi connectivity index (χ0) is 20.0. The van der Waals surface area contributed by atoms with Gasteiger partial charge in [0, 0.05) is 25.3 Å². The predicted octanol–water partition coefficient (Wildman–Crippen LogP) is 5.42. The number of amides is 1. The highest BCUT2D eigenvalue weighted by Gasteiger charge is 2.28. The molecule has 5 nitrogen and oxygen atoms in total. The van der Waals surface area contributed by atoms with Gasteiger partial charge in [-0.05, 0) is 64.1 Å². The molecule has 0 N–H and O–H groups in total. The molecule has 1 aliphatic heterocycles. The maximum absolute atomic E-state index is 12.6. The normalized spacial score (nSPS) is 18.1. The number of nitrogens with zero attached hydrogens (tertiary/aromatic N) is 3. The number of rotatable bonds is 7. The summed E-state index contributed by atoms with van der Waals surface area (Å²) in [5.74, 6) is 1.34. The molecule has 1 atom stereocenters. The average molecular weight is 376 g/mol. The number of ether oxygens (including phenoxy) is 1. The van der Waals surface area contributed by atoms with Crippen molar-refractivity contribution in [1.29, 1.82) is 0 Å². The van der Waals surface area contributed by atoms with E-state index in [9.17, 15) is 4.79 Å². The Kier molecular flexibility index (Phi) is 7.66. The van der Waals surface area contributed by atoms with Crippen LogP contribution in [0.15, 0.2) is 18.3 Å². The topological polar surface area (TPSA) is 45.7 Å². The van der Waals surface area contributed by atoms with Gasteiger partial charge in [0.1, 0.15) is 11.4 Å². The van der Waals surface area contributed by atoms with Crippen molar-refractivity contribution in [3.05, 3.63) is 23.9 Å². The predicted molar refractivity (Wildman–Crippen MR) is 111 cm³/mol. The third kappa shape index (κ3) is 6.49. The Morgan fingerprint density at radius 3 is 2.67 bits per heavy atom. The van der Waals surface area contributed by atoms with E-state index < -0.39 is 5.60 Å². The molecule has 1 fully saturated rings. The Morgan fingerprint density at radius 2 is 2.11 bits per heavy atom. The van der Waals surface area contributed by atoms with E-state index in [0.29, 0.717) is 24.3 Å². The summed E-state index contributed by atoms with van der Waals surface area (Å²) in [4.78, 5) is 21.5. The Balaban J connectivity index is 2.15. The van der Waals surface area contributed by atoms with E-state index in [-0.39, 0.29) is 6.09 Å². The highest BCUT2D eigenvalue weighted by molar-refractivity contribution is 5.86. The van der Waals surface area contributed by atoms with Crippen molar-refractivity contribution in [1.82, 2.24) is 9.88 Å². The van der Waals surface area contributed by atoms with Gasteiger partial charge >= 0.3 is 6.09 Å². The molecule has 1 aliphatic rings. The first-order chi connectivity index (χ1) is 12.7. The fourth-order valence-corrected chi connectivity index (χ4v) is 3.58. The number of unbranched alkanes of at least 4 members (excludes halogenated alkanes) is 1. The van der Waals surface area contributed by atoms with Crippen molar-refractivity contribution >= 4 is 11.9 Å². The maximum Gasteiger partial charge on any atom is 0.416 e. The minimum Gasteiger partial charge on any atom is -0.443 e. The van der Waals surface area contributed by atoms with Gasteiger partial charge in [0.15, 0.2) is 0 Å². The summed E-state index contributed by atoms with van der Waals surface area (Å²) in [7, 11) is 0. The first-order valence-corrected chi connectivity index (χ1v) is 10.4. The van der Waals surface area contributed by atoms with Crippen LogP contribution in [-0.4, -0.2) is 41.2 Å². The molecule has 1 saturated heterocycles. The van der Waals surface area contributed by atoms with Crippen LogP contribution >= 0.6 is 0 Å². The van der Waals surface area contributed by atoms with Crippen molar-refractivity contribution in [2.75, 3.05) is 24.5 Å². The van der Waals surface area contributed by atoms with Crippen molar-refractivity contribution in [2.24, 2.45) is 5.92 Å². The first kappa shape index (κ1) is 21.7. The molecule has 0 unspecified atom stereocenters. The minimum atomic E-state index is -0.511. The number of carbonyl (C=O) groups excluding carboxylic acids is 1. The summed E-state index contributed by atoms with van der Waals surface area (Å²) in [5, 5.41) is 0. The number of likely N-dealkylation sites (tertiary alicyclic amines) is 1. The lowest BCUT2D eigenvalue weighted by Crippen LogP contribution is -2.38. The molecule has 0 spiro atoms. The summed E-state index contributed by atoms with van der Waals surface area (Å²) in [5.41, 5.74) is 0.736. The molecule has 2 rings (SSSR count). The van der Waals surface area contributed by atoms with Gasteiger partial charge in [0.25, 0.3) is 0 Å². The molecule has 1 aromatic heterocycles. The van der Waals surface area contributed by atoms with E-state index in [1.807, 2.05) is 33.0 Å². The van der Waals surface area contributed by atoms with E-state index in [0.717, 1.165) is 25.9 Å². The van der Waals surface area contributed by atoms with Crippen LogP contribution in [0, 0.1) is 5.92 Å². The number of hydrogen-bond donors (Lipinski definition) is 0. The van der Waals surface area contributed by atoms with Crippen LogP contribution in [0.3, 0.4) is 0 Å². The molecule has 152 valence electrons. The van der Waals surface area contributed by atoms with Crippen molar-refractivity contribution < 1.29 is 9.53 Å². The molecule has 5 heteroatoms. The summed E-state index contributed by atoms with van der Waals surface area (Å²) in [6.45, 7) is 15.2. The molecule has 0 bridgehead atoms. The van der Waals surface area contributed by atoms with E-state index in [1.165, 1.54) is 18.4 Å². The van der Waals surface area contributed by atoms with Gasteiger partial charge < -0.3 is 4.74 Å². The molecule has 0 saturated carbocycles. The van der Waals surface area contributed by atoms with Crippen LogP contribution in [0.2, 0.25) is 0 Å². The molecular formula is C22H37N3O2. The summed E-state index contributed by atoms with van der Waals surface area (Å²) in [6, 6.07) is 4.55. The molecule has 27 heavy (non-hydrogen) atoms. The van der Waals surface area contributed by atoms with E-state index in [2.05, 4.69) is 36.7 Å². The zero-order valence-electron chi connectivity index (χ0n) is 18.0. The van der Waals surface area contributed by atoms with Gasteiger partial charge in [-0.1, -0.05) is 33.3 Å². The van der Waals surface area contributed by atoms with Crippen LogP contribution in [0.1, 0.15) is 78.8 Å². The van der Waals surface area contributed by atoms with Gasteiger partial charge in [-0.3, -0.25) is 9.80 Å². The average Bonchev–Trinajstić information content (AvgIpc) is 3.01. The number of anilines is 1. The van der Waals surface area contributed by atoms with Gasteiger partial charge in [0.2, 0.25) is 0 Å². The highest BCUT2D eigenvalue weighted by atomic mass is 16.6. The SMILES string of the molecule is CCCCN(C(=O)OC(C)(C)C)c1ccc([C@H]2CCCN2CC(C)C)cn1. The highest BCUT2D eigenvalue weighted by Crippen LogP contribution is 2.32. The number of aromatic nitrogens is 1. The van der Waals surface area contributed by atoms with Crippen molar-refractivity contribution in [3.63, 3.8) is 0 Å². The quantitative estimate of drug-likeness (QED) is 0.639. The Morgan fingerprint density at radius 1 is 1.37 bits per heavy atom. The van der Waals surface area contributed by atoms with Crippen LogP contribution in [0.25, 0.3) is 0 Å². The van der Waals surface area contributed by atoms with Crippen molar-refractivity contribution in [2.45, 2.75) is 78.9 Å². The molecule has 1 aromatic rings. The first-order valence-electron chi connectivity index (χ1n) is 10.4. The monoisotopic (exact) mass is 375 g/mol. The molecule has 0 radical (unpaired) electrons. The largest absolute Gasteiger partial charge is 0.443 e. The summed E-state index contributed by atoms with van der Waals surface area (Å²) >= 11 is 0. The molecule has 0 aliphatic carbocycles. The Bertz CT molecular complexity index is 593. The zero-order valence-corrected chi connectivity index (χ0v) is 18.0. The second kappa shape index (κ2) is 9.54. The fourth-order valence-electron chi connectivity index (χ4n) is 3.58. The van der Waals surface area contributed by atoms with Crippen LogP contribution in [0.4, 0.5) is 10.6 Å². The lowest BCUT2D eigenvalue weighted by atomic mass is 10.1. The fraction of sp³-hybridized carbons (Fsp3) is 0.727. The van der Waals surface area contributed by atoms with Crippen LogP contribution in [0.5, 0.6) is 0 Å². The van der Waals surface area contributed by atoms with Crippen molar-refractivity contribution in [3.8, 4) is 0 Å². The van der Waals surface area contributed by atoms with Gasteiger partial charge in [-0.2, -0.15) is 0 Å². The van der Waals surface area contributed by atoms with Gasteiger partial charge in [0.05, 0.1) is 0 Å². The molecule has 2 heterocycles. The van der Waals surface area contributed by atoms with Gasteiger partial charge in [-0.25, -0.2) is 9.78 Å². The van der Waals surface area contributed by atoms with E-state index in [1.54, 1.807) is 4.90 Å². The number of hydrogen-bond acceptors (Lipinski definition) is 4. The van der Waals surface area contributed by atoms with E-state index in [4.69, 9.17) is 4.74 Å². The number of pyridine rings is 1. The summed E-state index contributed by atoms with van der Waals surface area (Å²) in [6.07, 6.45) is 5.98. The lowest BCUT2D eigenvalue weighted by Gasteiger charge is -2.28.